The van der Waals surface area contributed by atoms with E-state index in [1.165, 1.54) is 18.4 Å². The quantitative estimate of drug-likeness (QED) is 0.549. The normalized spacial score (nSPS) is 16.1. The van der Waals surface area contributed by atoms with Gasteiger partial charge in [-0.2, -0.15) is 5.26 Å². The number of aliphatic hydroxyl groups is 1. The van der Waals surface area contributed by atoms with Gasteiger partial charge in [0.2, 0.25) is 0 Å². The molecule has 1 saturated carbocycles. The molecule has 5 rings (SSSR count). The minimum atomic E-state index is 0. The number of rotatable bonds is 6. The number of piperidine rings is 1. The van der Waals surface area contributed by atoms with Gasteiger partial charge in [0.15, 0.2) is 0 Å². The number of aromatic nitrogens is 3. The Bertz CT molecular complexity index is 1130. The van der Waals surface area contributed by atoms with E-state index in [1.807, 2.05) is 6.20 Å². The number of pyridine rings is 3. The smallest absolute Gasteiger partial charge is 0.132 e. The fraction of sp³-hybridized carbons (Fsp3) is 0.360. The molecule has 8 heteroatoms. The Balaban J connectivity index is 0.00000259. The largest absolute Gasteiger partial charge is 0.396 e. The first kappa shape index (κ1) is 23.0. The molecule has 0 radical (unpaired) electrons. The van der Waals surface area contributed by atoms with Crippen LogP contribution in [0.25, 0.3) is 11.3 Å². The molecule has 4 heterocycles. The Hall–Kier alpha value is -3.21. The zero-order valence-corrected chi connectivity index (χ0v) is 19.1. The monoisotopic (exact) mass is 462 g/mol. The van der Waals surface area contributed by atoms with Gasteiger partial charge in [-0.1, -0.05) is 0 Å². The number of anilines is 3. The first-order chi connectivity index (χ1) is 15.7. The summed E-state index contributed by atoms with van der Waals surface area (Å²) in [7, 11) is 0. The fourth-order valence-corrected chi connectivity index (χ4v) is 4.18. The van der Waals surface area contributed by atoms with Gasteiger partial charge in [0, 0.05) is 37.7 Å². The van der Waals surface area contributed by atoms with Crippen molar-refractivity contribution in [3.63, 3.8) is 0 Å². The van der Waals surface area contributed by atoms with E-state index >= 15 is 0 Å². The van der Waals surface area contributed by atoms with Crippen molar-refractivity contribution in [3.05, 3.63) is 59.9 Å². The molecule has 2 aliphatic rings. The van der Waals surface area contributed by atoms with E-state index in [9.17, 15) is 5.11 Å². The van der Waals surface area contributed by atoms with Crippen molar-refractivity contribution in [2.45, 2.75) is 31.6 Å². The highest BCUT2D eigenvalue weighted by atomic mass is 35.5. The van der Waals surface area contributed by atoms with Crippen LogP contribution in [-0.4, -0.2) is 39.8 Å². The molecule has 0 atom stereocenters. The second-order valence-corrected chi connectivity index (χ2v) is 8.63. The van der Waals surface area contributed by atoms with Crippen molar-refractivity contribution < 1.29 is 5.11 Å². The molecule has 1 aliphatic heterocycles. The van der Waals surface area contributed by atoms with E-state index < -0.39 is 0 Å². The van der Waals surface area contributed by atoms with Crippen LogP contribution < -0.4 is 10.2 Å². The molecule has 0 unspecified atom stereocenters. The topological polar surface area (TPSA) is 98.0 Å². The summed E-state index contributed by atoms with van der Waals surface area (Å²) in [4.78, 5) is 16.1. The minimum absolute atomic E-state index is 0. The number of hydrogen-bond acceptors (Lipinski definition) is 7. The summed E-state index contributed by atoms with van der Waals surface area (Å²) in [5, 5.41) is 21.8. The second-order valence-electron chi connectivity index (χ2n) is 8.63. The Labute approximate surface area is 199 Å². The van der Waals surface area contributed by atoms with Gasteiger partial charge in [-0.05, 0) is 79.5 Å². The molecule has 170 valence electrons. The second kappa shape index (κ2) is 10.2. The van der Waals surface area contributed by atoms with Crippen LogP contribution in [0.15, 0.2) is 48.8 Å². The van der Waals surface area contributed by atoms with Crippen molar-refractivity contribution in [1.29, 1.82) is 5.26 Å². The third kappa shape index (κ3) is 5.41. The summed E-state index contributed by atoms with van der Waals surface area (Å²) in [6.45, 7) is 2.13. The summed E-state index contributed by atoms with van der Waals surface area (Å²) in [5.41, 5.74) is 3.68. The van der Waals surface area contributed by atoms with E-state index in [1.54, 1.807) is 18.3 Å². The molecule has 1 aliphatic carbocycles. The number of nitrogens with one attached hydrogen (secondary N) is 1. The van der Waals surface area contributed by atoms with Gasteiger partial charge < -0.3 is 15.3 Å². The zero-order valence-electron chi connectivity index (χ0n) is 18.3. The average molecular weight is 463 g/mol. The van der Waals surface area contributed by atoms with E-state index in [-0.39, 0.29) is 19.0 Å². The van der Waals surface area contributed by atoms with Gasteiger partial charge in [-0.25, -0.2) is 15.0 Å². The highest BCUT2D eigenvalue weighted by Gasteiger charge is 2.25. The predicted molar refractivity (Wildman–Crippen MR) is 131 cm³/mol. The van der Waals surface area contributed by atoms with E-state index in [2.05, 4.69) is 45.5 Å². The molecule has 0 amide bonds. The molecule has 0 spiro atoms. The van der Waals surface area contributed by atoms with Crippen LogP contribution in [0, 0.1) is 17.2 Å². The van der Waals surface area contributed by atoms with Crippen LogP contribution in [0.5, 0.6) is 0 Å². The first-order valence-corrected chi connectivity index (χ1v) is 11.2. The number of nitriles is 1. The molecule has 33 heavy (non-hydrogen) atoms. The van der Waals surface area contributed by atoms with Gasteiger partial charge in [0.1, 0.15) is 17.5 Å². The lowest BCUT2D eigenvalue weighted by atomic mass is 9.98. The summed E-state index contributed by atoms with van der Waals surface area (Å²) < 4.78 is 0. The van der Waals surface area contributed by atoms with Crippen LogP contribution in [0.3, 0.4) is 0 Å². The zero-order chi connectivity index (χ0) is 21.9. The molecular weight excluding hydrogens is 436 g/mol. The van der Waals surface area contributed by atoms with E-state index in [0.717, 1.165) is 48.8 Å². The summed E-state index contributed by atoms with van der Waals surface area (Å²) >= 11 is 0. The molecule has 3 aromatic heterocycles. The van der Waals surface area contributed by atoms with E-state index in [4.69, 9.17) is 15.2 Å². The average Bonchev–Trinajstić information content (AvgIpc) is 3.70. The Morgan fingerprint density at radius 1 is 1.03 bits per heavy atom. The van der Waals surface area contributed by atoms with Crippen LogP contribution in [0.2, 0.25) is 0 Å². The standard InChI is InChI=1S/C25H26N6O.ClH/c26-14-18-5-8-27-23(11-18)30-24-13-21(19-1-2-19)12-22(29-24)20-3-4-25(28-15-20)31-9-6-17(16-32)7-10-31;/h3-5,8,11-13,15,17,19,32H,1-2,6-7,9-10,16H2,(H,27,29,30);1H. The fourth-order valence-electron chi connectivity index (χ4n) is 4.18. The SMILES string of the molecule is Cl.N#Cc1ccnc(Nc2cc(C3CC3)cc(-c3ccc(N4CCC(CO)CC4)nc3)n2)c1. The maximum Gasteiger partial charge on any atom is 0.132 e. The Morgan fingerprint density at radius 3 is 2.52 bits per heavy atom. The molecule has 2 N–H and O–H groups in total. The lowest BCUT2D eigenvalue weighted by Gasteiger charge is -2.32. The van der Waals surface area contributed by atoms with Crippen molar-refractivity contribution in [2.75, 3.05) is 29.9 Å². The molecule has 0 aromatic carbocycles. The van der Waals surface area contributed by atoms with Crippen molar-refractivity contribution >= 4 is 29.9 Å². The number of nitrogens with zero attached hydrogens (tertiary/aromatic N) is 5. The van der Waals surface area contributed by atoms with Gasteiger partial charge in [-0.15, -0.1) is 12.4 Å². The lowest BCUT2D eigenvalue weighted by Crippen LogP contribution is -2.35. The van der Waals surface area contributed by atoms with Crippen LogP contribution in [0.4, 0.5) is 17.5 Å². The van der Waals surface area contributed by atoms with E-state index in [0.29, 0.717) is 23.2 Å². The number of hydrogen-bond donors (Lipinski definition) is 2. The van der Waals surface area contributed by atoms with Crippen LogP contribution in [-0.2, 0) is 0 Å². The first-order valence-electron chi connectivity index (χ1n) is 11.2. The summed E-state index contributed by atoms with van der Waals surface area (Å²) in [6.07, 6.45) is 7.92. The Kier molecular flexibility index (Phi) is 7.07. The molecule has 3 aromatic rings. The summed E-state index contributed by atoms with van der Waals surface area (Å²) in [6, 6.07) is 13.9. The van der Waals surface area contributed by atoms with Gasteiger partial charge >= 0.3 is 0 Å². The third-order valence-electron chi connectivity index (χ3n) is 6.28. The highest BCUT2D eigenvalue weighted by molar-refractivity contribution is 5.85. The molecule has 2 fully saturated rings. The van der Waals surface area contributed by atoms with Crippen LogP contribution >= 0.6 is 12.4 Å². The van der Waals surface area contributed by atoms with Crippen molar-refractivity contribution in [2.24, 2.45) is 5.92 Å². The maximum absolute atomic E-state index is 9.35. The van der Waals surface area contributed by atoms with Crippen molar-refractivity contribution in [1.82, 2.24) is 15.0 Å². The van der Waals surface area contributed by atoms with Gasteiger partial charge in [-0.3, -0.25) is 0 Å². The molecular formula is C25H27ClN6O. The highest BCUT2D eigenvalue weighted by Crippen LogP contribution is 2.42. The molecule has 0 bridgehead atoms. The van der Waals surface area contributed by atoms with Crippen molar-refractivity contribution in [3.8, 4) is 17.3 Å². The van der Waals surface area contributed by atoms with Crippen LogP contribution in [0.1, 0.15) is 42.7 Å². The Morgan fingerprint density at radius 2 is 1.85 bits per heavy atom. The summed E-state index contributed by atoms with van der Waals surface area (Å²) in [5.74, 6) is 3.29. The van der Waals surface area contributed by atoms with Gasteiger partial charge in [0.05, 0.1) is 17.3 Å². The number of aliphatic hydroxyl groups excluding tert-OH is 1. The predicted octanol–water partition coefficient (Wildman–Crippen LogP) is 4.66. The minimum Gasteiger partial charge on any atom is -0.396 e. The van der Waals surface area contributed by atoms with Gasteiger partial charge in [0.25, 0.3) is 0 Å². The number of halogens is 1. The maximum atomic E-state index is 9.35. The lowest BCUT2D eigenvalue weighted by molar-refractivity contribution is 0.203. The third-order valence-corrected chi connectivity index (χ3v) is 6.28. The molecule has 7 nitrogen and oxygen atoms in total. The molecule has 1 saturated heterocycles.